The molecule has 0 radical (unpaired) electrons. The number of amides is 3. The van der Waals surface area contributed by atoms with Crippen LogP contribution in [-0.4, -0.2) is 44.7 Å². The molecule has 8 heteroatoms. The van der Waals surface area contributed by atoms with Gasteiger partial charge in [-0.1, -0.05) is 0 Å². The van der Waals surface area contributed by atoms with Crippen molar-refractivity contribution in [3.05, 3.63) is 42.0 Å². The van der Waals surface area contributed by atoms with Gasteiger partial charge in [0.15, 0.2) is 0 Å². The van der Waals surface area contributed by atoms with Crippen molar-refractivity contribution in [3.63, 3.8) is 0 Å². The van der Waals surface area contributed by atoms with E-state index in [9.17, 15) is 9.59 Å². The van der Waals surface area contributed by atoms with Gasteiger partial charge in [-0.15, -0.1) is 0 Å². The third-order valence-corrected chi connectivity index (χ3v) is 3.94. The van der Waals surface area contributed by atoms with Gasteiger partial charge < -0.3 is 16.0 Å². The van der Waals surface area contributed by atoms with Gasteiger partial charge in [0, 0.05) is 32.3 Å². The average molecular weight is 314 g/mol. The van der Waals surface area contributed by atoms with Crippen molar-refractivity contribution in [3.8, 4) is 0 Å². The Bertz CT molecular complexity index is 724. The number of carbonyl (C=O) groups is 2. The third kappa shape index (κ3) is 3.31. The topological polar surface area (TPSA) is 106 Å². The molecule has 1 saturated heterocycles. The monoisotopic (exact) mass is 314 g/mol. The molecule has 23 heavy (non-hydrogen) atoms. The van der Waals surface area contributed by atoms with Crippen LogP contribution in [0.5, 0.6) is 0 Å². The maximum absolute atomic E-state index is 12.3. The summed E-state index contributed by atoms with van der Waals surface area (Å²) >= 11 is 0. The number of aryl methyl sites for hydroxylation is 1. The fraction of sp³-hybridized carbons (Fsp3) is 0.333. The second-order valence-corrected chi connectivity index (χ2v) is 5.61. The highest BCUT2D eigenvalue weighted by Crippen LogP contribution is 2.27. The van der Waals surface area contributed by atoms with E-state index in [1.54, 1.807) is 15.6 Å². The molecule has 1 aliphatic heterocycles. The minimum atomic E-state index is -0.596. The van der Waals surface area contributed by atoms with E-state index in [-0.39, 0.29) is 11.7 Å². The zero-order valence-electron chi connectivity index (χ0n) is 12.8. The van der Waals surface area contributed by atoms with Crippen molar-refractivity contribution in [1.82, 2.24) is 19.7 Å². The van der Waals surface area contributed by atoms with Gasteiger partial charge in [0.05, 0.1) is 18.1 Å². The summed E-state index contributed by atoms with van der Waals surface area (Å²) in [6.45, 7) is 1.35. The first-order valence-electron chi connectivity index (χ1n) is 7.33. The number of nitrogens with one attached hydrogen (secondary N) is 1. The Labute approximate surface area is 133 Å². The van der Waals surface area contributed by atoms with Crippen molar-refractivity contribution in [2.24, 2.45) is 12.8 Å². The smallest absolute Gasteiger partial charge is 0.321 e. The summed E-state index contributed by atoms with van der Waals surface area (Å²) in [5, 5.41) is 6.95. The van der Waals surface area contributed by atoms with Crippen LogP contribution in [0.2, 0.25) is 0 Å². The van der Waals surface area contributed by atoms with E-state index in [2.05, 4.69) is 15.4 Å². The Kier molecular flexibility index (Phi) is 3.96. The van der Waals surface area contributed by atoms with E-state index in [0.717, 1.165) is 12.0 Å². The number of pyridine rings is 1. The van der Waals surface area contributed by atoms with Gasteiger partial charge in [0.25, 0.3) is 5.91 Å². The molecule has 3 amide bonds. The molecule has 0 aromatic carbocycles. The summed E-state index contributed by atoms with van der Waals surface area (Å²) in [7, 11) is 1.88. The maximum Gasteiger partial charge on any atom is 0.321 e. The first-order valence-corrected chi connectivity index (χ1v) is 7.33. The van der Waals surface area contributed by atoms with Gasteiger partial charge >= 0.3 is 6.03 Å². The van der Waals surface area contributed by atoms with E-state index in [1.165, 1.54) is 12.3 Å². The molecule has 2 aromatic heterocycles. The minimum absolute atomic E-state index is 0.167. The zero-order valence-corrected chi connectivity index (χ0v) is 12.8. The molecule has 3 rings (SSSR count). The number of urea groups is 1. The van der Waals surface area contributed by atoms with E-state index in [4.69, 9.17) is 5.73 Å². The third-order valence-electron chi connectivity index (χ3n) is 3.94. The molecule has 3 N–H and O–H groups in total. The number of primary amides is 1. The number of carbonyl (C=O) groups excluding carboxylic acids is 2. The lowest BCUT2D eigenvalue weighted by molar-refractivity contribution is 0.0995. The molecule has 1 unspecified atom stereocenters. The van der Waals surface area contributed by atoms with Crippen LogP contribution in [-0.2, 0) is 7.05 Å². The predicted molar refractivity (Wildman–Crippen MR) is 83.9 cm³/mol. The van der Waals surface area contributed by atoms with E-state index >= 15 is 0 Å². The van der Waals surface area contributed by atoms with Crippen molar-refractivity contribution >= 4 is 17.6 Å². The van der Waals surface area contributed by atoms with Gasteiger partial charge in [0.2, 0.25) is 0 Å². The first kappa shape index (κ1) is 15.0. The van der Waals surface area contributed by atoms with Crippen molar-refractivity contribution in [1.29, 1.82) is 0 Å². The van der Waals surface area contributed by atoms with Crippen LogP contribution in [0.3, 0.4) is 0 Å². The minimum Gasteiger partial charge on any atom is -0.364 e. The largest absolute Gasteiger partial charge is 0.364 e. The molecule has 1 fully saturated rings. The maximum atomic E-state index is 12.3. The molecule has 0 spiro atoms. The summed E-state index contributed by atoms with van der Waals surface area (Å²) in [4.78, 5) is 28.9. The Morgan fingerprint density at radius 1 is 1.35 bits per heavy atom. The van der Waals surface area contributed by atoms with Crippen molar-refractivity contribution in [2.75, 3.05) is 18.4 Å². The van der Waals surface area contributed by atoms with Gasteiger partial charge in [-0.25, -0.2) is 9.78 Å². The van der Waals surface area contributed by atoms with E-state index < -0.39 is 5.91 Å². The molecule has 120 valence electrons. The number of anilines is 1. The van der Waals surface area contributed by atoms with Gasteiger partial charge in [-0.3, -0.25) is 9.48 Å². The quantitative estimate of drug-likeness (QED) is 0.879. The molecule has 3 heterocycles. The number of nitrogens with two attached hydrogens (primary N) is 1. The molecule has 0 aliphatic carbocycles. The van der Waals surface area contributed by atoms with E-state index in [1.807, 2.05) is 19.4 Å². The number of nitrogens with zero attached hydrogens (tertiary/aromatic N) is 4. The Morgan fingerprint density at radius 3 is 2.78 bits per heavy atom. The van der Waals surface area contributed by atoms with Gasteiger partial charge in [0.1, 0.15) is 5.69 Å². The average Bonchev–Trinajstić information content (AvgIpc) is 3.16. The summed E-state index contributed by atoms with van der Waals surface area (Å²) in [5.74, 6) is -0.286. The molecular formula is C15H18N6O2. The predicted octanol–water partition coefficient (Wildman–Crippen LogP) is 0.935. The lowest BCUT2D eigenvalue weighted by Gasteiger charge is -2.17. The van der Waals surface area contributed by atoms with Crippen LogP contribution in [0.15, 0.2) is 30.7 Å². The first-order chi connectivity index (χ1) is 11.0. The summed E-state index contributed by atoms with van der Waals surface area (Å²) in [6, 6.07) is 2.92. The number of hydrogen-bond donors (Lipinski definition) is 2. The second kappa shape index (κ2) is 6.07. The number of rotatable bonds is 3. The Morgan fingerprint density at radius 2 is 2.17 bits per heavy atom. The molecule has 1 atom stereocenters. The molecule has 0 saturated carbocycles. The highest BCUT2D eigenvalue weighted by molar-refractivity contribution is 5.92. The molecule has 0 bridgehead atoms. The Hall–Kier alpha value is -2.90. The number of aromatic nitrogens is 3. The highest BCUT2D eigenvalue weighted by Gasteiger charge is 2.28. The fourth-order valence-corrected chi connectivity index (χ4v) is 2.68. The standard InChI is InChI=1S/C15H18N6O2/c1-20-8-11(6-18-20)10-4-5-21(9-10)15(23)19-12-2-3-13(14(16)22)17-7-12/h2-3,6-8,10H,4-5,9H2,1H3,(H2,16,22)(H,19,23). The lowest BCUT2D eigenvalue weighted by atomic mass is 10.0. The van der Waals surface area contributed by atoms with Crippen LogP contribution in [0, 0.1) is 0 Å². The van der Waals surface area contributed by atoms with Crippen LogP contribution in [0.25, 0.3) is 0 Å². The fourth-order valence-electron chi connectivity index (χ4n) is 2.68. The van der Waals surface area contributed by atoms with Crippen LogP contribution >= 0.6 is 0 Å². The zero-order chi connectivity index (χ0) is 16.4. The Balaban J connectivity index is 1.59. The molecule has 2 aromatic rings. The highest BCUT2D eigenvalue weighted by atomic mass is 16.2. The number of likely N-dealkylation sites (tertiary alicyclic amines) is 1. The molecule has 1 aliphatic rings. The van der Waals surface area contributed by atoms with Crippen molar-refractivity contribution < 1.29 is 9.59 Å². The second-order valence-electron chi connectivity index (χ2n) is 5.61. The van der Waals surface area contributed by atoms with Crippen molar-refractivity contribution in [2.45, 2.75) is 12.3 Å². The van der Waals surface area contributed by atoms with Crippen LogP contribution < -0.4 is 11.1 Å². The van der Waals surface area contributed by atoms with Gasteiger partial charge in [-0.05, 0) is 24.1 Å². The lowest BCUT2D eigenvalue weighted by Crippen LogP contribution is -2.32. The normalized spacial score (nSPS) is 17.3. The number of hydrogen-bond acceptors (Lipinski definition) is 4. The molecule has 8 nitrogen and oxygen atoms in total. The summed E-state index contributed by atoms with van der Waals surface area (Å²) in [6.07, 6.45) is 6.17. The van der Waals surface area contributed by atoms with Crippen LogP contribution in [0.4, 0.5) is 10.5 Å². The summed E-state index contributed by atoms with van der Waals surface area (Å²) < 4.78 is 1.77. The summed E-state index contributed by atoms with van der Waals surface area (Å²) in [5.41, 5.74) is 6.98. The van der Waals surface area contributed by atoms with Gasteiger partial charge in [-0.2, -0.15) is 5.10 Å². The van der Waals surface area contributed by atoms with Crippen LogP contribution in [0.1, 0.15) is 28.4 Å². The SMILES string of the molecule is Cn1cc(C2CCN(C(=O)Nc3ccc(C(N)=O)nc3)C2)cn1. The molecular weight excluding hydrogens is 296 g/mol. The van der Waals surface area contributed by atoms with E-state index in [0.29, 0.717) is 24.7 Å².